The smallest absolute Gasteiger partial charge is 0.343 e. The van der Waals surface area contributed by atoms with Crippen molar-refractivity contribution >= 4 is 49.0 Å². The van der Waals surface area contributed by atoms with Crippen LogP contribution in [0.2, 0.25) is 5.02 Å². The van der Waals surface area contributed by atoms with E-state index in [1.54, 1.807) is 18.2 Å². The van der Waals surface area contributed by atoms with Crippen molar-refractivity contribution in [1.82, 2.24) is 4.31 Å². The zero-order valence-corrected chi connectivity index (χ0v) is 23.6. The molecule has 7 nitrogen and oxygen atoms in total. The molecule has 0 radical (unpaired) electrons. The maximum atomic E-state index is 13.7. The molecule has 1 unspecified atom stereocenters. The molecule has 3 aromatic rings. The lowest BCUT2D eigenvalue weighted by Crippen LogP contribution is -2.40. The largest absolute Gasteiger partial charge is 0.489 e. The molecule has 36 heavy (non-hydrogen) atoms. The summed E-state index contributed by atoms with van der Waals surface area (Å²) in [7, 11) is -2.43. The van der Waals surface area contributed by atoms with Crippen molar-refractivity contribution in [1.29, 1.82) is 0 Å². The summed E-state index contributed by atoms with van der Waals surface area (Å²) in [4.78, 5) is 11.3. The van der Waals surface area contributed by atoms with Crippen molar-refractivity contribution < 1.29 is 27.4 Å². The van der Waals surface area contributed by atoms with Crippen molar-refractivity contribution in [3.8, 4) is 11.5 Å². The van der Waals surface area contributed by atoms with Crippen molar-refractivity contribution in [2.24, 2.45) is 0 Å². The second-order valence-corrected chi connectivity index (χ2v) is 12.1. The summed E-state index contributed by atoms with van der Waals surface area (Å²) in [5.41, 5.74) is 1.51. The van der Waals surface area contributed by atoms with E-state index in [4.69, 9.17) is 21.1 Å². The number of methoxy groups -OCH3 is 1. The lowest BCUT2D eigenvalue weighted by atomic mass is 10.2. The van der Waals surface area contributed by atoms with Crippen molar-refractivity contribution in [2.75, 3.05) is 26.8 Å². The molecule has 0 amide bonds. The van der Waals surface area contributed by atoms with Crippen LogP contribution in [0.25, 0.3) is 10.1 Å². The molecular weight excluding hydrogens is 522 g/mol. The average molecular weight is 554 g/mol. The number of halogens is 1. The van der Waals surface area contributed by atoms with Crippen LogP contribution in [0, 0.1) is 13.8 Å². The Morgan fingerprint density at radius 1 is 1.14 bits per heavy atom. The minimum Gasteiger partial charge on any atom is -0.489 e. The molecule has 2 aromatic carbocycles. The second kappa shape index (κ2) is 12.3. The lowest BCUT2D eigenvalue weighted by Gasteiger charge is -2.27. The number of hydrogen-bond donors (Lipinski definition) is 0. The number of esters is 1. The zero-order valence-electron chi connectivity index (χ0n) is 21.2. The fraction of sp³-hybridized carbons (Fsp3) is 0.423. The Labute approximate surface area is 222 Å². The number of thiophene rings is 1. The highest BCUT2D eigenvalue weighted by molar-refractivity contribution is 7.91. The number of hydrogen-bond acceptors (Lipinski definition) is 7. The molecule has 0 aliphatic carbocycles. The fourth-order valence-electron chi connectivity index (χ4n) is 3.82. The van der Waals surface area contributed by atoms with E-state index < -0.39 is 16.0 Å². The van der Waals surface area contributed by atoms with E-state index in [2.05, 4.69) is 4.74 Å². The Kier molecular flexibility index (Phi) is 9.63. The molecule has 196 valence electrons. The highest BCUT2D eigenvalue weighted by atomic mass is 35.5. The van der Waals surface area contributed by atoms with Crippen LogP contribution in [0.5, 0.6) is 11.5 Å². The summed E-state index contributed by atoms with van der Waals surface area (Å²) < 4.78 is 46.5. The number of nitrogens with zero attached hydrogens (tertiary/aromatic N) is 1. The lowest BCUT2D eigenvalue weighted by molar-refractivity contribution is -0.142. The normalized spacial score (nSPS) is 12.6. The highest BCUT2D eigenvalue weighted by Gasteiger charge is 2.30. The molecule has 1 aromatic heterocycles. The Balaban J connectivity index is 1.80. The summed E-state index contributed by atoms with van der Waals surface area (Å²) in [5, 5.41) is 1.44. The topological polar surface area (TPSA) is 82.1 Å². The Morgan fingerprint density at radius 3 is 2.53 bits per heavy atom. The first kappa shape index (κ1) is 28.2. The highest BCUT2D eigenvalue weighted by Crippen LogP contribution is 2.37. The van der Waals surface area contributed by atoms with Gasteiger partial charge in [-0.25, -0.2) is 13.2 Å². The third-order valence-electron chi connectivity index (χ3n) is 5.79. The van der Waals surface area contributed by atoms with E-state index in [0.717, 1.165) is 15.6 Å². The summed E-state index contributed by atoms with van der Waals surface area (Å²) in [6.07, 6.45) is 0.948. The van der Waals surface area contributed by atoms with E-state index in [-0.39, 0.29) is 19.3 Å². The van der Waals surface area contributed by atoms with Gasteiger partial charge in [0.05, 0.1) is 13.7 Å². The molecule has 0 saturated heterocycles. The Hall–Kier alpha value is -2.33. The first-order chi connectivity index (χ1) is 17.1. The molecule has 10 heteroatoms. The molecule has 1 heterocycles. The number of ether oxygens (including phenoxy) is 3. The Morgan fingerprint density at radius 2 is 1.89 bits per heavy atom. The summed E-state index contributed by atoms with van der Waals surface area (Å²) >= 11 is 7.42. The third kappa shape index (κ3) is 6.51. The number of carbonyl (C=O) groups excluding carboxylic acids is 1. The quantitative estimate of drug-likeness (QED) is 0.257. The fourth-order valence-corrected chi connectivity index (χ4v) is 7.43. The number of aryl methyl sites for hydroxylation is 2. The molecule has 0 bridgehead atoms. The summed E-state index contributed by atoms with van der Waals surface area (Å²) in [6, 6.07) is 10.7. The van der Waals surface area contributed by atoms with Crippen LogP contribution < -0.4 is 9.47 Å². The van der Waals surface area contributed by atoms with Crippen molar-refractivity contribution in [3.05, 3.63) is 52.5 Å². The molecule has 1 atom stereocenters. The maximum absolute atomic E-state index is 13.7. The molecule has 3 rings (SSSR count). The molecule has 0 spiro atoms. The van der Waals surface area contributed by atoms with Gasteiger partial charge < -0.3 is 14.2 Å². The monoisotopic (exact) mass is 553 g/mol. The molecule has 0 aliphatic rings. The van der Waals surface area contributed by atoms with Gasteiger partial charge in [-0.3, -0.25) is 0 Å². The number of benzene rings is 2. The van der Waals surface area contributed by atoms with E-state index in [1.807, 2.05) is 45.9 Å². The second-order valence-electron chi connectivity index (χ2n) is 8.46. The number of sulfonamides is 1. The predicted molar refractivity (Wildman–Crippen MR) is 144 cm³/mol. The number of carbonyl (C=O) groups is 1. The van der Waals surface area contributed by atoms with Gasteiger partial charge in [0.2, 0.25) is 0 Å². The average Bonchev–Trinajstić information content (AvgIpc) is 3.18. The van der Waals surface area contributed by atoms with E-state index in [0.29, 0.717) is 45.7 Å². The van der Waals surface area contributed by atoms with E-state index in [9.17, 15) is 13.2 Å². The van der Waals surface area contributed by atoms with Gasteiger partial charge in [0.25, 0.3) is 10.0 Å². The zero-order chi connectivity index (χ0) is 26.5. The van der Waals surface area contributed by atoms with Gasteiger partial charge in [0, 0.05) is 16.3 Å². The van der Waals surface area contributed by atoms with Crippen LogP contribution in [0.15, 0.2) is 40.6 Å². The van der Waals surface area contributed by atoms with Crippen molar-refractivity contribution in [3.63, 3.8) is 0 Å². The SMILES string of the molecule is CCCN(CC(CC)Oc1ccc(OCC(=O)OC)c(C)c1)S(=O)(=O)c1sc2ccc(Cl)cc2c1C. The van der Waals surface area contributed by atoms with Crippen LogP contribution in [-0.4, -0.2) is 51.6 Å². The first-order valence-corrected chi connectivity index (χ1v) is 14.4. The van der Waals surface area contributed by atoms with Gasteiger partial charge in [-0.15, -0.1) is 11.3 Å². The van der Waals surface area contributed by atoms with Crippen LogP contribution in [0.1, 0.15) is 37.8 Å². The van der Waals surface area contributed by atoms with Gasteiger partial charge in [0.15, 0.2) is 6.61 Å². The minimum absolute atomic E-state index is 0.178. The van der Waals surface area contributed by atoms with E-state index in [1.165, 1.54) is 22.8 Å². The Bertz CT molecular complexity index is 1320. The van der Waals surface area contributed by atoms with Gasteiger partial charge >= 0.3 is 5.97 Å². The summed E-state index contributed by atoms with van der Waals surface area (Å²) in [5.74, 6) is 0.692. The summed E-state index contributed by atoms with van der Waals surface area (Å²) in [6.45, 7) is 8.03. The van der Waals surface area contributed by atoms with Crippen molar-refractivity contribution in [2.45, 2.75) is 50.8 Å². The molecule has 0 fully saturated rings. The molecular formula is C26H32ClNO6S2. The van der Waals surface area contributed by atoms with Crippen LogP contribution in [0.3, 0.4) is 0 Å². The first-order valence-electron chi connectivity index (χ1n) is 11.8. The maximum Gasteiger partial charge on any atom is 0.343 e. The molecule has 0 saturated carbocycles. The van der Waals surface area contributed by atoms with E-state index >= 15 is 0 Å². The van der Waals surface area contributed by atoms with Crippen LogP contribution in [0.4, 0.5) is 0 Å². The predicted octanol–water partition coefficient (Wildman–Crippen LogP) is 5.98. The van der Waals surface area contributed by atoms with Gasteiger partial charge in [0.1, 0.15) is 21.8 Å². The minimum atomic E-state index is -3.73. The number of rotatable bonds is 12. The molecule has 0 N–H and O–H groups in total. The van der Waals surface area contributed by atoms with Gasteiger partial charge in [-0.1, -0.05) is 25.4 Å². The molecule has 0 aliphatic heterocycles. The number of fused-ring (bicyclic) bond motifs is 1. The van der Waals surface area contributed by atoms with Gasteiger partial charge in [-0.2, -0.15) is 4.31 Å². The standard InChI is InChI=1S/C26H32ClNO6S2/c1-6-12-28(36(30,31)26-18(4)22-14-19(27)8-11-24(22)35-26)15-20(7-2)34-21-9-10-23(17(3)13-21)33-16-25(29)32-5/h8-11,13-14,20H,6-7,12,15-16H2,1-5H3. The third-order valence-corrected chi connectivity index (χ3v) is 9.76. The van der Waals surface area contributed by atoms with Gasteiger partial charge in [-0.05, 0) is 79.6 Å². The van der Waals surface area contributed by atoms with Crippen LogP contribution in [-0.2, 0) is 19.6 Å². The van der Waals surface area contributed by atoms with Crippen LogP contribution >= 0.6 is 22.9 Å².